The Labute approximate surface area is 163 Å². The van der Waals surface area contributed by atoms with E-state index in [-0.39, 0.29) is 5.82 Å². The third-order valence-electron chi connectivity index (χ3n) is 3.59. The molecule has 0 heterocycles. The molecule has 2 aromatic rings. The van der Waals surface area contributed by atoms with Crippen molar-refractivity contribution in [3.8, 4) is 11.5 Å². The normalized spacial score (nSPS) is 10.3. The number of anilines is 1. The highest BCUT2D eigenvalue weighted by atomic mass is 32.2. The number of hydrogen-bond acceptors (Lipinski definition) is 4. The standard InChI is InChI=1S/C19H23FN2O2S2/c1-23-16-8-9-17(18(12-16)24-2)22-19(25)21-10-3-11-26-13-14-4-6-15(20)7-5-14/h4-9,12H,3,10-11,13H2,1-2H3,(H2,21,22,25). The van der Waals surface area contributed by atoms with Crippen molar-refractivity contribution in [1.82, 2.24) is 5.32 Å². The molecule has 0 spiro atoms. The zero-order chi connectivity index (χ0) is 18.8. The van der Waals surface area contributed by atoms with E-state index in [1.54, 1.807) is 20.3 Å². The molecule has 0 aliphatic heterocycles. The fourth-order valence-corrected chi connectivity index (χ4v) is 3.35. The molecule has 7 heteroatoms. The molecular weight excluding hydrogens is 371 g/mol. The number of hydrogen-bond donors (Lipinski definition) is 2. The van der Waals surface area contributed by atoms with Crippen LogP contribution in [0.15, 0.2) is 42.5 Å². The highest BCUT2D eigenvalue weighted by Crippen LogP contribution is 2.28. The largest absolute Gasteiger partial charge is 0.497 e. The molecule has 0 bridgehead atoms. The van der Waals surface area contributed by atoms with E-state index in [1.807, 2.05) is 36.0 Å². The lowest BCUT2D eigenvalue weighted by atomic mass is 10.2. The summed E-state index contributed by atoms with van der Waals surface area (Å²) in [7, 11) is 3.22. The van der Waals surface area contributed by atoms with Gasteiger partial charge in [0.05, 0.1) is 19.9 Å². The smallest absolute Gasteiger partial charge is 0.170 e. The first kappa shape index (κ1) is 20.3. The summed E-state index contributed by atoms with van der Waals surface area (Å²) in [6, 6.07) is 12.1. The molecule has 140 valence electrons. The molecule has 0 fully saturated rings. The van der Waals surface area contributed by atoms with Gasteiger partial charge >= 0.3 is 0 Å². The molecule has 0 amide bonds. The van der Waals surface area contributed by atoms with Gasteiger partial charge in [-0.05, 0) is 54.2 Å². The summed E-state index contributed by atoms with van der Waals surface area (Å²) in [5.74, 6) is 3.08. The van der Waals surface area contributed by atoms with Crippen LogP contribution < -0.4 is 20.1 Å². The number of halogens is 1. The molecule has 0 saturated heterocycles. The second-order valence-corrected chi connectivity index (χ2v) is 6.99. The van der Waals surface area contributed by atoms with E-state index in [1.165, 1.54) is 12.1 Å². The Bertz CT molecular complexity index is 711. The minimum Gasteiger partial charge on any atom is -0.497 e. The molecule has 0 aliphatic rings. The minimum atomic E-state index is -0.197. The van der Waals surface area contributed by atoms with E-state index in [4.69, 9.17) is 21.7 Å². The molecule has 0 unspecified atom stereocenters. The number of methoxy groups -OCH3 is 2. The van der Waals surface area contributed by atoms with Gasteiger partial charge in [0.15, 0.2) is 5.11 Å². The Morgan fingerprint density at radius 2 is 1.88 bits per heavy atom. The fourth-order valence-electron chi connectivity index (χ4n) is 2.22. The van der Waals surface area contributed by atoms with Crippen molar-refractivity contribution in [3.05, 3.63) is 53.8 Å². The van der Waals surface area contributed by atoms with Crippen molar-refractivity contribution in [3.63, 3.8) is 0 Å². The molecule has 2 rings (SSSR count). The van der Waals surface area contributed by atoms with Gasteiger partial charge in [0.1, 0.15) is 17.3 Å². The second kappa shape index (κ2) is 10.9. The summed E-state index contributed by atoms with van der Waals surface area (Å²) in [6.07, 6.45) is 0.980. The maximum Gasteiger partial charge on any atom is 0.170 e. The van der Waals surface area contributed by atoms with Gasteiger partial charge in [0, 0.05) is 18.4 Å². The lowest BCUT2D eigenvalue weighted by Crippen LogP contribution is -2.29. The zero-order valence-corrected chi connectivity index (χ0v) is 16.5. The average Bonchev–Trinajstić information content (AvgIpc) is 2.66. The Morgan fingerprint density at radius 1 is 1.12 bits per heavy atom. The number of benzene rings is 2. The van der Waals surface area contributed by atoms with Gasteiger partial charge in [-0.1, -0.05) is 12.1 Å². The molecule has 2 aromatic carbocycles. The number of thioether (sulfide) groups is 1. The average molecular weight is 395 g/mol. The summed E-state index contributed by atoms with van der Waals surface area (Å²) in [6.45, 7) is 0.778. The zero-order valence-electron chi connectivity index (χ0n) is 14.9. The molecule has 4 nitrogen and oxygen atoms in total. The highest BCUT2D eigenvalue weighted by Gasteiger charge is 2.06. The Morgan fingerprint density at radius 3 is 2.58 bits per heavy atom. The summed E-state index contributed by atoms with van der Waals surface area (Å²) in [5, 5.41) is 6.87. The fraction of sp³-hybridized carbons (Fsp3) is 0.316. The van der Waals surface area contributed by atoms with E-state index in [2.05, 4.69) is 10.6 Å². The molecule has 26 heavy (non-hydrogen) atoms. The van der Waals surface area contributed by atoms with Gasteiger partial charge in [-0.3, -0.25) is 0 Å². The van der Waals surface area contributed by atoms with Crippen LogP contribution >= 0.6 is 24.0 Å². The number of nitrogens with one attached hydrogen (secondary N) is 2. The van der Waals surface area contributed by atoms with Crippen molar-refractivity contribution in [2.45, 2.75) is 12.2 Å². The van der Waals surface area contributed by atoms with Crippen LogP contribution in [0.5, 0.6) is 11.5 Å². The van der Waals surface area contributed by atoms with Crippen LogP contribution in [0.1, 0.15) is 12.0 Å². The SMILES string of the molecule is COc1ccc(NC(=S)NCCCSCc2ccc(F)cc2)c(OC)c1. The maximum absolute atomic E-state index is 12.8. The quantitative estimate of drug-likeness (QED) is 0.484. The first-order valence-corrected chi connectivity index (χ1v) is 9.77. The van der Waals surface area contributed by atoms with E-state index >= 15 is 0 Å². The van der Waals surface area contributed by atoms with Crippen LogP contribution in [-0.4, -0.2) is 31.6 Å². The number of ether oxygens (including phenoxy) is 2. The number of rotatable bonds is 9. The lowest BCUT2D eigenvalue weighted by Gasteiger charge is -2.14. The van der Waals surface area contributed by atoms with Gasteiger partial charge in [0.25, 0.3) is 0 Å². The molecule has 0 atom stereocenters. The molecule has 0 saturated carbocycles. The summed E-state index contributed by atoms with van der Waals surface area (Å²) < 4.78 is 23.4. The first-order chi connectivity index (χ1) is 12.6. The maximum atomic E-state index is 12.8. The van der Waals surface area contributed by atoms with Crippen LogP contribution in [-0.2, 0) is 5.75 Å². The first-order valence-electron chi connectivity index (χ1n) is 8.21. The molecular formula is C19H23FN2O2S2. The predicted molar refractivity (Wildman–Crippen MR) is 111 cm³/mol. The van der Waals surface area contributed by atoms with Crippen molar-refractivity contribution >= 4 is 34.8 Å². The molecule has 0 aliphatic carbocycles. The van der Waals surface area contributed by atoms with E-state index in [0.29, 0.717) is 10.9 Å². The third-order valence-corrected chi connectivity index (χ3v) is 4.95. The van der Waals surface area contributed by atoms with Crippen LogP contribution in [0.3, 0.4) is 0 Å². The monoisotopic (exact) mass is 394 g/mol. The lowest BCUT2D eigenvalue weighted by molar-refractivity contribution is 0.395. The minimum absolute atomic E-state index is 0.197. The topological polar surface area (TPSA) is 42.5 Å². The Kier molecular flexibility index (Phi) is 8.50. The van der Waals surface area contributed by atoms with E-state index < -0.39 is 0 Å². The van der Waals surface area contributed by atoms with Crippen molar-refractivity contribution in [1.29, 1.82) is 0 Å². The molecule has 2 N–H and O–H groups in total. The van der Waals surface area contributed by atoms with Crippen LogP contribution in [0.2, 0.25) is 0 Å². The van der Waals surface area contributed by atoms with E-state index in [0.717, 1.165) is 41.5 Å². The summed E-state index contributed by atoms with van der Waals surface area (Å²) >= 11 is 7.14. The molecule has 0 radical (unpaired) electrons. The predicted octanol–water partition coefficient (Wildman–Crippen LogP) is 4.45. The van der Waals surface area contributed by atoms with E-state index in [9.17, 15) is 4.39 Å². The van der Waals surface area contributed by atoms with Crippen LogP contribution in [0.25, 0.3) is 0 Å². The van der Waals surface area contributed by atoms with Gasteiger partial charge in [-0.25, -0.2) is 4.39 Å². The van der Waals surface area contributed by atoms with Crippen LogP contribution in [0, 0.1) is 5.82 Å². The van der Waals surface area contributed by atoms with Crippen LogP contribution in [0.4, 0.5) is 10.1 Å². The van der Waals surface area contributed by atoms with Gasteiger partial charge in [-0.15, -0.1) is 0 Å². The van der Waals surface area contributed by atoms with Crippen molar-refractivity contribution in [2.24, 2.45) is 0 Å². The molecule has 0 aromatic heterocycles. The summed E-state index contributed by atoms with van der Waals surface area (Å²) in [4.78, 5) is 0. The third kappa shape index (κ3) is 6.72. The highest BCUT2D eigenvalue weighted by molar-refractivity contribution is 7.98. The van der Waals surface area contributed by atoms with Gasteiger partial charge in [-0.2, -0.15) is 11.8 Å². The van der Waals surface area contributed by atoms with Crippen molar-refractivity contribution < 1.29 is 13.9 Å². The van der Waals surface area contributed by atoms with Gasteiger partial charge < -0.3 is 20.1 Å². The van der Waals surface area contributed by atoms with Gasteiger partial charge in [0.2, 0.25) is 0 Å². The Balaban J connectivity index is 1.65. The Hall–Kier alpha value is -1.99. The second-order valence-electron chi connectivity index (χ2n) is 5.48. The van der Waals surface area contributed by atoms with Crippen molar-refractivity contribution in [2.75, 3.05) is 31.8 Å². The summed E-state index contributed by atoms with van der Waals surface area (Å²) in [5.41, 5.74) is 1.92. The number of thiocarbonyl (C=S) groups is 1.